The molecule has 1 aliphatic rings. The maximum atomic E-state index is 6.14. The van der Waals surface area contributed by atoms with Gasteiger partial charge in [-0.25, -0.2) is 0 Å². The second-order valence-corrected chi connectivity index (χ2v) is 9.46. The van der Waals surface area contributed by atoms with Gasteiger partial charge in [-0.2, -0.15) is 0 Å². The fraction of sp³-hybridized carbons (Fsp3) is 0.357. The Hall–Kier alpha value is -2.98. The first-order valence-corrected chi connectivity index (χ1v) is 11.2. The highest BCUT2D eigenvalue weighted by Crippen LogP contribution is 2.34. The van der Waals surface area contributed by atoms with E-state index >= 15 is 0 Å². The van der Waals surface area contributed by atoms with E-state index in [-0.39, 0.29) is 5.41 Å². The number of benzene rings is 3. The summed E-state index contributed by atoms with van der Waals surface area (Å²) in [6.07, 6.45) is 1.01. The minimum absolute atomic E-state index is 0.140. The van der Waals surface area contributed by atoms with E-state index in [1.165, 1.54) is 22.3 Å². The molecule has 0 aliphatic carbocycles. The molecule has 0 saturated carbocycles. The number of nitrogens with zero attached hydrogens (tertiary/aromatic N) is 1. The average molecular weight is 432 g/mol. The molecule has 0 N–H and O–H groups in total. The number of rotatable bonds is 6. The lowest BCUT2D eigenvalue weighted by Gasteiger charge is -2.29. The molecule has 1 heterocycles. The SMILES string of the molecule is COc1cc2c(cc1OC)CN(Cc1cccc(Oc3ccc(C(C)(C)C)cc3)c1)CC2. The molecule has 32 heavy (non-hydrogen) atoms. The van der Waals surface area contributed by atoms with Crippen LogP contribution in [0.25, 0.3) is 0 Å². The second kappa shape index (κ2) is 9.25. The van der Waals surface area contributed by atoms with Gasteiger partial charge < -0.3 is 14.2 Å². The van der Waals surface area contributed by atoms with Crippen molar-refractivity contribution >= 4 is 0 Å². The van der Waals surface area contributed by atoms with E-state index in [0.717, 1.165) is 49.1 Å². The van der Waals surface area contributed by atoms with E-state index in [4.69, 9.17) is 14.2 Å². The van der Waals surface area contributed by atoms with Crippen LogP contribution in [0, 0.1) is 0 Å². The Bertz CT molecular complexity index is 1070. The molecule has 0 fully saturated rings. The van der Waals surface area contributed by atoms with Gasteiger partial charge in [-0.15, -0.1) is 0 Å². The first-order valence-electron chi connectivity index (χ1n) is 11.2. The van der Waals surface area contributed by atoms with Crippen LogP contribution in [0.3, 0.4) is 0 Å². The summed E-state index contributed by atoms with van der Waals surface area (Å²) in [4.78, 5) is 2.46. The molecule has 1 aliphatic heterocycles. The summed E-state index contributed by atoms with van der Waals surface area (Å²) in [7, 11) is 3.38. The zero-order valence-corrected chi connectivity index (χ0v) is 19.8. The summed E-state index contributed by atoms with van der Waals surface area (Å²) in [5, 5.41) is 0. The van der Waals surface area contributed by atoms with Crippen LogP contribution >= 0.6 is 0 Å². The molecule has 168 valence electrons. The Morgan fingerprint density at radius 1 is 0.812 bits per heavy atom. The molecule has 0 bridgehead atoms. The van der Waals surface area contributed by atoms with Gasteiger partial charge >= 0.3 is 0 Å². The minimum Gasteiger partial charge on any atom is -0.493 e. The zero-order valence-electron chi connectivity index (χ0n) is 19.8. The van der Waals surface area contributed by atoms with Gasteiger partial charge in [0.15, 0.2) is 11.5 Å². The van der Waals surface area contributed by atoms with Gasteiger partial charge in [0, 0.05) is 19.6 Å². The van der Waals surface area contributed by atoms with Crippen molar-refractivity contribution in [3.8, 4) is 23.0 Å². The van der Waals surface area contributed by atoms with Crippen molar-refractivity contribution < 1.29 is 14.2 Å². The lowest BCUT2D eigenvalue weighted by atomic mass is 9.87. The molecule has 4 heteroatoms. The fourth-order valence-corrected chi connectivity index (χ4v) is 4.20. The third-order valence-corrected chi connectivity index (χ3v) is 6.06. The summed E-state index contributed by atoms with van der Waals surface area (Å²) < 4.78 is 17.1. The number of ether oxygens (including phenoxy) is 3. The second-order valence-electron chi connectivity index (χ2n) is 9.46. The van der Waals surface area contributed by atoms with Crippen LogP contribution in [0.2, 0.25) is 0 Å². The van der Waals surface area contributed by atoms with Crippen molar-refractivity contribution in [3.05, 3.63) is 82.9 Å². The Morgan fingerprint density at radius 2 is 1.50 bits per heavy atom. The van der Waals surface area contributed by atoms with Crippen LogP contribution in [0.1, 0.15) is 43.0 Å². The molecule has 0 atom stereocenters. The van der Waals surface area contributed by atoms with Crippen molar-refractivity contribution in [2.75, 3.05) is 20.8 Å². The van der Waals surface area contributed by atoms with Crippen LogP contribution in [0.15, 0.2) is 60.7 Å². The van der Waals surface area contributed by atoms with Crippen LogP contribution in [0.4, 0.5) is 0 Å². The van der Waals surface area contributed by atoms with Crippen molar-refractivity contribution in [1.82, 2.24) is 4.90 Å². The van der Waals surface area contributed by atoms with E-state index in [2.05, 4.69) is 80.3 Å². The molecule has 0 saturated heterocycles. The third-order valence-electron chi connectivity index (χ3n) is 6.06. The summed E-state index contributed by atoms with van der Waals surface area (Å²) in [6.45, 7) is 9.46. The Labute approximate surface area is 191 Å². The first-order chi connectivity index (χ1) is 15.4. The monoisotopic (exact) mass is 431 g/mol. The predicted molar refractivity (Wildman–Crippen MR) is 129 cm³/mol. The summed E-state index contributed by atoms with van der Waals surface area (Å²) in [5.41, 5.74) is 5.34. The Kier molecular flexibility index (Phi) is 6.43. The van der Waals surface area contributed by atoms with Gasteiger partial charge in [-0.1, -0.05) is 45.0 Å². The van der Waals surface area contributed by atoms with Crippen molar-refractivity contribution in [2.45, 2.75) is 45.7 Å². The average Bonchev–Trinajstić information content (AvgIpc) is 2.78. The van der Waals surface area contributed by atoms with Crippen molar-refractivity contribution in [1.29, 1.82) is 0 Å². The highest BCUT2D eigenvalue weighted by Gasteiger charge is 2.20. The van der Waals surface area contributed by atoms with Gasteiger partial charge in [0.05, 0.1) is 14.2 Å². The largest absolute Gasteiger partial charge is 0.493 e. The van der Waals surface area contributed by atoms with Crippen LogP contribution in [-0.2, 0) is 24.9 Å². The van der Waals surface area contributed by atoms with Crippen LogP contribution in [0.5, 0.6) is 23.0 Å². The first kappa shape index (κ1) is 22.2. The third kappa shape index (κ3) is 5.08. The standard InChI is InChI=1S/C28H33NO3/c1-28(2,3)23-9-11-24(12-10-23)32-25-8-6-7-20(15-25)18-29-14-13-21-16-26(30-4)27(31-5)17-22(21)19-29/h6-12,15-17H,13-14,18-19H2,1-5H3. The molecule has 0 aromatic heterocycles. The maximum Gasteiger partial charge on any atom is 0.161 e. The van der Waals surface area contributed by atoms with Gasteiger partial charge in [-0.05, 0) is 70.5 Å². The number of hydrogen-bond donors (Lipinski definition) is 0. The van der Waals surface area contributed by atoms with Gasteiger partial charge in [0.25, 0.3) is 0 Å². The number of hydrogen-bond acceptors (Lipinski definition) is 4. The normalized spacial score (nSPS) is 14.0. The van der Waals surface area contributed by atoms with Gasteiger partial charge in [0.1, 0.15) is 11.5 Å². The van der Waals surface area contributed by atoms with Crippen LogP contribution < -0.4 is 14.2 Å². The van der Waals surface area contributed by atoms with E-state index in [0.29, 0.717) is 0 Å². The molecule has 0 spiro atoms. The van der Waals surface area contributed by atoms with Gasteiger partial charge in [0.2, 0.25) is 0 Å². The number of methoxy groups -OCH3 is 2. The maximum absolute atomic E-state index is 6.14. The summed E-state index contributed by atoms with van der Waals surface area (Å²) in [6, 6.07) is 21.0. The Morgan fingerprint density at radius 3 is 2.16 bits per heavy atom. The summed E-state index contributed by atoms with van der Waals surface area (Å²) in [5.74, 6) is 3.33. The molecule has 0 amide bonds. The molecular weight excluding hydrogens is 398 g/mol. The minimum atomic E-state index is 0.140. The van der Waals surface area contributed by atoms with Gasteiger partial charge in [-0.3, -0.25) is 4.90 Å². The lowest BCUT2D eigenvalue weighted by Crippen LogP contribution is -2.30. The lowest BCUT2D eigenvalue weighted by molar-refractivity contribution is 0.244. The number of fused-ring (bicyclic) bond motifs is 1. The van der Waals surface area contributed by atoms with E-state index in [9.17, 15) is 0 Å². The highest BCUT2D eigenvalue weighted by molar-refractivity contribution is 5.48. The van der Waals surface area contributed by atoms with E-state index in [1.54, 1.807) is 14.2 Å². The topological polar surface area (TPSA) is 30.9 Å². The highest BCUT2D eigenvalue weighted by atomic mass is 16.5. The molecule has 4 rings (SSSR count). The molecular formula is C28H33NO3. The van der Waals surface area contributed by atoms with Crippen molar-refractivity contribution in [2.24, 2.45) is 0 Å². The molecule has 0 unspecified atom stereocenters. The summed E-state index contributed by atoms with van der Waals surface area (Å²) >= 11 is 0. The van der Waals surface area contributed by atoms with Crippen LogP contribution in [-0.4, -0.2) is 25.7 Å². The van der Waals surface area contributed by atoms with E-state index in [1.807, 2.05) is 6.07 Å². The molecule has 3 aromatic rings. The molecule has 4 nitrogen and oxygen atoms in total. The molecule has 3 aromatic carbocycles. The fourth-order valence-electron chi connectivity index (χ4n) is 4.20. The smallest absolute Gasteiger partial charge is 0.161 e. The van der Waals surface area contributed by atoms with Crippen molar-refractivity contribution in [3.63, 3.8) is 0 Å². The Balaban J connectivity index is 1.43. The zero-order chi connectivity index (χ0) is 22.7. The predicted octanol–water partition coefficient (Wildman–Crippen LogP) is 6.35. The molecule has 0 radical (unpaired) electrons. The van der Waals surface area contributed by atoms with E-state index < -0.39 is 0 Å². The quantitative estimate of drug-likeness (QED) is 0.455.